The molecule has 2 aromatic heterocycles. The van der Waals surface area contributed by atoms with E-state index in [1.165, 1.54) is 16.3 Å². The standard InChI is InChI=1S/C16H16N2S/c1-3-5-12-6-4-7-13-8-15(18-9-14(12)13)16-10-17-11(2)19-16/h4,6-10H,3,5H2,1-2H3. The van der Waals surface area contributed by atoms with E-state index in [-0.39, 0.29) is 0 Å². The highest BCUT2D eigenvalue weighted by Crippen LogP contribution is 2.28. The molecule has 0 saturated heterocycles. The monoisotopic (exact) mass is 268 g/mol. The number of pyridine rings is 1. The molecule has 3 heteroatoms. The van der Waals surface area contributed by atoms with Gasteiger partial charge in [0.15, 0.2) is 0 Å². The molecule has 3 aromatic rings. The van der Waals surface area contributed by atoms with Crippen LogP contribution in [0.15, 0.2) is 36.7 Å². The summed E-state index contributed by atoms with van der Waals surface area (Å²) < 4.78 is 0. The third-order valence-electron chi connectivity index (χ3n) is 3.25. The predicted molar refractivity (Wildman–Crippen MR) is 81.6 cm³/mol. The fourth-order valence-corrected chi connectivity index (χ4v) is 3.08. The van der Waals surface area contributed by atoms with Gasteiger partial charge >= 0.3 is 0 Å². The minimum absolute atomic E-state index is 1.02. The Hall–Kier alpha value is -1.74. The van der Waals surface area contributed by atoms with Gasteiger partial charge in [0, 0.05) is 17.8 Å². The van der Waals surface area contributed by atoms with Crippen LogP contribution in [0.4, 0.5) is 0 Å². The van der Waals surface area contributed by atoms with Gasteiger partial charge < -0.3 is 0 Å². The van der Waals surface area contributed by atoms with E-state index >= 15 is 0 Å². The zero-order chi connectivity index (χ0) is 13.2. The smallest absolute Gasteiger partial charge is 0.0901 e. The lowest BCUT2D eigenvalue weighted by Gasteiger charge is -2.06. The minimum atomic E-state index is 1.02. The van der Waals surface area contributed by atoms with Gasteiger partial charge in [-0.25, -0.2) is 4.98 Å². The quantitative estimate of drug-likeness (QED) is 0.692. The van der Waals surface area contributed by atoms with E-state index in [9.17, 15) is 0 Å². The molecule has 2 heterocycles. The van der Waals surface area contributed by atoms with Gasteiger partial charge in [-0.15, -0.1) is 11.3 Å². The van der Waals surface area contributed by atoms with Crippen LogP contribution in [0, 0.1) is 6.92 Å². The van der Waals surface area contributed by atoms with E-state index in [0.717, 1.165) is 28.4 Å². The number of benzene rings is 1. The van der Waals surface area contributed by atoms with E-state index in [1.54, 1.807) is 11.3 Å². The van der Waals surface area contributed by atoms with E-state index in [4.69, 9.17) is 0 Å². The first-order valence-corrected chi connectivity index (χ1v) is 7.40. The first kappa shape index (κ1) is 12.3. The fourth-order valence-electron chi connectivity index (χ4n) is 2.34. The second-order valence-electron chi connectivity index (χ2n) is 4.70. The number of rotatable bonds is 3. The van der Waals surface area contributed by atoms with Crippen LogP contribution >= 0.6 is 11.3 Å². The van der Waals surface area contributed by atoms with Crippen molar-refractivity contribution in [2.24, 2.45) is 0 Å². The molecule has 0 aliphatic heterocycles. The van der Waals surface area contributed by atoms with Crippen LogP contribution in [0.5, 0.6) is 0 Å². The summed E-state index contributed by atoms with van der Waals surface area (Å²) in [4.78, 5) is 10.0. The summed E-state index contributed by atoms with van der Waals surface area (Å²) in [6.07, 6.45) is 6.18. The summed E-state index contributed by atoms with van der Waals surface area (Å²) in [6.45, 7) is 4.23. The van der Waals surface area contributed by atoms with Crippen molar-refractivity contribution in [2.45, 2.75) is 26.7 Å². The molecule has 0 atom stereocenters. The van der Waals surface area contributed by atoms with Gasteiger partial charge in [-0.2, -0.15) is 0 Å². The average Bonchev–Trinajstić information content (AvgIpc) is 2.86. The molecule has 2 nitrogen and oxygen atoms in total. The summed E-state index contributed by atoms with van der Waals surface area (Å²) in [7, 11) is 0. The number of fused-ring (bicyclic) bond motifs is 1. The van der Waals surface area contributed by atoms with Gasteiger partial charge in [0.2, 0.25) is 0 Å². The fraction of sp³-hybridized carbons (Fsp3) is 0.250. The van der Waals surface area contributed by atoms with Gasteiger partial charge in [-0.3, -0.25) is 4.98 Å². The SMILES string of the molecule is CCCc1cccc2cc(-c3cnc(C)s3)ncc12. The van der Waals surface area contributed by atoms with Crippen LogP contribution in [0.2, 0.25) is 0 Å². The number of thiazole rings is 1. The van der Waals surface area contributed by atoms with Crippen LogP contribution in [0.1, 0.15) is 23.9 Å². The molecule has 0 bridgehead atoms. The Morgan fingerprint density at radius 2 is 2.05 bits per heavy atom. The summed E-state index contributed by atoms with van der Waals surface area (Å²) in [6, 6.07) is 8.66. The van der Waals surface area contributed by atoms with Crippen LogP contribution in [0.25, 0.3) is 21.3 Å². The van der Waals surface area contributed by atoms with Crippen molar-refractivity contribution in [3.63, 3.8) is 0 Å². The topological polar surface area (TPSA) is 25.8 Å². The van der Waals surface area contributed by atoms with Crippen LogP contribution in [-0.2, 0) is 6.42 Å². The predicted octanol–water partition coefficient (Wildman–Crippen LogP) is 4.62. The summed E-state index contributed by atoms with van der Waals surface area (Å²) in [5.41, 5.74) is 2.41. The lowest BCUT2D eigenvalue weighted by atomic mass is 10.0. The number of hydrogen-bond acceptors (Lipinski definition) is 3. The van der Waals surface area contributed by atoms with Crippen LogP contribution < -0.4 is 0 Å². The molecule has 19 heavy (non-hydrogen) atoms. The zero-order valence-electron chi connectivity index (χ0n) is 11.2. The summed E-state index contributed by atoms with van der Waals surface area (Å²) in [5, 5.41) is 3.62. The molecule has 0 saturated carbocycles. The van der Waals surface area contributed by atoms with Crippen LogP contribution in [0.3, 0.4) is 0 Å². The van der Waals surface area contributed by atoms with Gasteiger partial charge in [0.05, 0.1) is 15.6 Å². The molecule has 0 unspecified atom stereocenters. The normalized spacial score (nSPS) is 11.1. The van der Waals surface area contributed by atoms with Crippen molar-refractivity contribution < 1.29 is 0 Å². The third-order valence-corrected chi connectivity index (χ3v) is 4.18. The van der Waals surface area contributed by atoms with Crippen molar-refractivity contribution in [3.05, 3.63) is 47.2 Å². The average molecular weight is 268 g/mol. The molecule has 0 fully saturated rings. The van der Waals surface area contributed by atoms with Crippen molar-refractivity contribution in [1.29, 1.82) is 0 Å². The van der Waals surface area contributed by atoms with E-state index in [1.807, 2.05) is 19.3 Å². The molecule has 0 N–H and O–H groups in total. The minimum Gasteiger partial charge on any atom is -0.255 e. The van der Waals surface area contributed by atoms with Crippen molar-refractivity contribution in [2.75, 3.05) is 0 Å². The molecule has 0 aliphatic rings. The Bertz CT molecular complexity index is 716. The highest BCUT2D eigenvalue weighted by Gasteiger charge is 2.06. The Balaban J connectivity index is 2.11. The first-order valence-electron chi connectivity index (χ1n) is 6.58. The largest absolute Gasteiger partial charge is 0.255 e. The Morgan fingerprint density at radius 3 is 2.79 bits per heavy atom. The van der Waals surface area contributed by atoms with Crippen molar-refractivity contribution >= 4 is 22.1 Å². The molecule has 1 aromatic carbocycles. The molecule has 96 valence electrons. The van der Waals surface area contributed by atoms with Gasteiger partial charge in [0.25, 0.3) is 0 Å². The Morgan fingerprint density at radius 1 is 1.16 bits per heavy atom. The number of nitrogens with zero attached hydrogens (tertiary/aromatic N) is 2. The maximum Gasteiger partial charge on any atom is 0.0901 e. The lowest BCUT2D eigenvalue weighted by molar-refractivity contribution is 0.929. The van der Waals surface area contributed by atoms with Gasteiger partial charge in [-0.1, -0.05) is 31.5 Å². The van der Waals surface area contributed by atoms with E-state index < -0.39 is 0 Å². The number of aromatic nitrogens is 2. The highest BCUT2D eigenvalue weighted by molar-refractivity contribution is 7.15. The highest BCUT2D eigenvalue weighted by atomic mass is 32.1. The maximum absolute atomic E-state index is 4.60. The Labute approximate surface area is 117 Å². The molecule has 0 aliphatic carbocycles. The summed E-state index contributed by atoms with van der Waals surface area (Å²) in [5.74, 6) is 0. The van der Waals surface area contributed by atoms with E-state index in [2.05, 4.69) is 41.2 Å². The molecule has 3 rings (SSSR count). The molecular weight excluding hydrogens is 252 g/mol. The second kappa shape index (κ2) is 5.10. The lowest BCUT2D eigenvalue weighted by Crippen LogP contribution is -1.88. The zero-order valence-corrected chi connectivity index (χ0v) is 12.0. The van der Waals surface area contributed by atoms with Crippen molar-refractivity contribution in [1.82, 2.24) is 9.97 Å². The molecule has 0 amide bonds. The Kier molecular flexibility index (Phi) is 3.30. The van der Waals surface area contributed by atoms with Crippen LogP contribution in [-0.4, -0.2) is 9.97 Å². The van der Waals surface area contributed by atoms with Crippen molar-refractivity contribution in [3.8, 4) is 10.6 Å². The molecular formula is C16H16N2S. The van der Waals surface area contributed by atoms with Gasteiger partial charge in [0.1, 0.15) is 0 Å². The van der Waals surface area contributed by atoms with Gasteiger partial charge in [-0.05, 0) is 30.4 Å². The maximum atomic E-state index is 4.60. The number of hydrogen-bond donors (Lipinski definition) is 0. The number of aryl methyl sites for hydroxylation is 2. The molecule has 0 radical (unpaired) electrons. The van der Waals surface area contributed by atoms with E-state index in [0.29, 0.717) is 0 Å². The second-order valence-corrected chi connectivity index (χ2v) is 5.94. The molecule has 0 spiro atoms. The first-order chi connectivity index (χ1) is 9.28. The third kappa shape index (κ3) is 2.38. The summed E-state index contributed by atoms with van der Waals surface area (Å²) >= 11 is 1.69.